The van der Waals surface area contributed by atoms with Crippen LogP contribution in [0.15, 0.2) is 54.7 Å². The van der Waals surface area contributed by atoms with Gasteiger partial charge in [-0.1, -0.05) is 12.1 Å². The van der Waals surface area contributed by atoms with E-state index >= 15 is 0 Å². The van der Waals surface area contributed by atoms with Crippen LogP contribution in [-0.2, 0) is 17.9 Å². The van der Waals surface area contributed by atoms with Crippen molar-refractivity contribution in [1.82, 2.24) is 9.88 Å². The number of nitrogens with zero attached hydrogens (tertiary/aromatic N) is 2. The molecule has 1 aromatic heterocycles. The largest absolute Gasteiger partial charge is 0.496 e. The molecule has 0 saturated carbocycles. The van der Waals surface area contributed by atoms with Crippen LogP contribution < -0.4 is 9.47 Å². The van der Waals surface area contributed by atoms with E-state index in [9.17, 15) is 5.11 Å². The summed E-state index contributed by atoms with van der Waals surface area (Å²) in [5.74, 6) is 1.61. The van der Waals surface area contributed by atoms with E-state index < -0.39 is 6.10 Å². The van der Waals surface area contributed by atoms with E-state index in [2.05, 4.69) is 22.0 Å². The van der Waals surface area contributed by atoms with E-state index in [1.807, 2.05) is 36.4 Å². The van der Waals surface area contributed by atoms with Gasteiger partial charge in [0.1, 0.15) is 23.7 Å². The Labute approximate surface area is 177 Å². The zero-order valence-electron chi connectivity index (χ0n) is 17.5. The highest BCUT2D eigenvalue weighted by Crippen LogP contribution is 2.28. The van der Waals surface area contributed by atoms with E-state index in [-0.39, 0.29) is 6.10 Å². The number of fused-ring (bicyclic) bond motifs is 1. The summed E-state index contributed by atoms with van der Waals surface area (Å²) in [6, 6.07) is 15.9. The topological polar surface area (TPSA) is 64.1 Å². The molecular formula is C24H28N2O4. The van der Waals surface area contributed by atoms with Crippen LogP contribution in [0.3, 0.4) is 0 Å². The quantitative estimate of drug-likeness (QED) is 0.646. The number of likely N-dealkylation sites (tertiary alicyclic amines) is 1. The molecule has 1 N–H and O–H groups in total. The van der Waals surface area contributed by atoms with Crippen LogP contribution in [0.5, 0.6) is 11.5 Å². The lowest BCUT2D eigenvalue weighted by atomic mass is 10.0. The number of rotatable bonds is 7. The molecule has 2 atom stereocenters. The lowest BCUT2D eigenvalue weighted by molar-refractivity contribution is -0.0269. The minimum Gasteiger partial charge on any atom is -0.496 e. The maximum Gasteiger partial charge on any atom is 0.129 e. The third-order valence-electron chi connectivity index (χ3n) is 5.54. The van der Waals surface area contributed by atoms with Crippen molar-refractivity contribution < 1.29 is 19.3 Å². The minimum absolute atomic E-state index is 0.230. The first-order chi connectivity index (χ1) is 14.7. The molecule has 0 spiro atoms. The highest BCUT2D eigenvalue weighted by molar-refractivity contribution is 5.84. The molecule has 0 radical (unpaired) electrons. The number of benzene rings is 2. The first-order valence-electron chi connectivity index (χ1n) is 10.2. The lowest BCUT2D eigenvalue weighted by Gasteiger charge is -2.36. The van der Waals surface area contributed by atoms with E-state index in [4.69, 9.17) is 14.2 Å². The normalized spacial score (nSPS) is 19.7. The van der Waals surface area contributed by atoms with Gasteiger partial charge in [0.15, 0.2) is 0 Å². The molecule has 1 saturated heterocycles. The standard InChI is InChI=1S/C24H28N2O4/c1-28-16-18-13-17(8-9-22(18)29-2)14-26-12-10-24(21(27)15-26)30-23-7-3-6-20-19(23)5-4-11-25-20/h3-9,11,13,21,24,27H,10,12,14-16H2,1-2H3/t21-,24-/m1/s1. The van der Waals surface area contributed by atoms with Crippen molar-refractivity contribution in [3.8, 4) is 11.5 Å². The van der Waals surface area contributed by atoms with Crippen molar-refractivity contribution in [3.05, 3.63) is 65.9 Å². The molecule has 0 amide bonds. The summed E-state index contributed by atoms with van der Waals surface area (Å²) in [6.45, 7) is 2.70. The minimum atomic E-state index is -0.553. The molecule has 1 aliphatic rings. The molecule has 0 unspecified atom stereocenters. The predicted molar refractivity (Wildman–Crippen MR) is 116 cm³/mol. The van der Waals surface area contributed by atoms with Gasteiger partial charge >= 0.3 is 0 Å². The average molecular weight is 408 g/mol. The van der Waals surface area contributed by atoms with E-state index in [1.165, 1.54) is 5.56 Å². The van der Waals surface area contributed by atoms with Gasteiger partial charge in [-0.2, -0.15) is 0 Å². The number of pyridine rings is 1. The van der Waals surface area contributed by atoms with Crippen molar-refractivity contribution in [2.75, 3.05) is 27.3 Å². The third kappa shape index (κ3) is 4.56. The van der Waals surface area contributed by atoms with Gasteiger partial charge in [0.05, 0.1) is 19.2 Å². The second-order valence-corrected chi connectivity index (χ2v) is 7.65. The molecular weight excluding hydrogens is 380 g/mol. The SMILES string of the molecule is COCc1cc(CN2CC[C@@H](Oc3cccc4ncccc34)[C@H](O)C2)ccc1OC. The van der Waals surface area contributed by atoms with Gasteiger partial charge in [-0.25, -0.2) is 0 Å². The number of methoxy groups -OCH3 is 2. The van der Waals surface area contributed by atoms with Gasteiger partial charge in [0.25, 0.3) is 0 Å². The highest BCUT2D eigenvalue weighted by Gasteiger charge is 2.29. The number of hydrogen-bond acceptors (Lipinski definition) is 6. The third-order valence-corrected chi connectivity index (χ3v) is 5.54. The van der Waals surface area contributed by atoms with Crippen LogP contribution in [0.1, 0.15) is 17.5 Å². The number of piperidine rings is 1. The van der Waals surface area contributed by atoms with Gasteiger partial charge in [0, 0.05) is 43.9 Å². The average Bonchev–Trinajstić information content (AvgIpc) is 2.76. The van der Waals surface area contributed by atoms with Crippen LogP contribution in [-0.4, -0.2) is 54.5 Å². The molecule has 0 bridgehead atoms. The molecule has 2 heterocycles. The molecule has 1 aliphatic heterocycles. The maximum absolute atomic E-state index is 10.7. The van der Waals surface area contributed by atoms with Crippen LogP contribution >= 0.6 is 0 Å². The van der Waals surface area contributed by atoms with E-state index in [0.717, 1.165) is 47.5 Å². The molecule has 158 valence electrons. The molecule has 1 fully saturated rings. The molecule has 30 heavy (non-hydrogen) atoms. The fourth-order valence-corrected chi connectivity index (χ4v) is 4.05. The first-order valence-corrected chi connectivity index (χ1v) is 10.2. The predicted octanol–water partition coefficient (Wildman–Crippen LogP) is 3.40. The Morgan fingerprint density at radius 2 is 2.00 bits per heavy atom. The molecule has 2 aromatic carbocycles. The van der Waals surface area contributed by atoms with E-state index in [0.29, 0.717) is 13.2 Å². The van der Waals surface area contributed by atoms with Crippen molar-refractivity contribution in [2.24, 2.45) is 0 Å². The van der Waals surface area contributed by atoms with Gasteiger partial charge in [0.2, 0.25) is 0 Å². The molecule has 3 aromatic rings. The Balaban J connectivity index is 1.40. The van der Waals surface area contributed by atoms with Crippen molar-refractivity contribution in [2.45, 2.75) is 31.8 Å². The first kappa shape index (κ1) is 20.6. The monoisotopic (exact) mass is 408 g/mol. The second kappa shape index (κ2) is 9.43. The van der Waals surface area contributed by atoms with E-state index in [1.54, 1.807) is 20.4 Å². The van der Waals surface area contributed by atoms with Gasteiger partial charge in [-0.3, -0.25) is 9.88 Å². The van der Waals surface area contributed by atoms with Crippen molar-refractivity contribution in [1.29, 1.82) is 0 Å². The van der Waals surface area contributed by atoms with Gasteiger partial charge < -0.3 is 19.3 Å². The Bertz CT molecular complexity index is 989. The van der Waals surface area contributed by atoms with Crippen LogP contribution in [0.25, 0.3) is 10.9 Å². The summed E-state index contributed by atoms with van der Waals surface area (Å²) in [7, 11) is 3.35. The zero-order valence-corrected chi connectivity index (χ0v) is 17.5. The lowest BCUT2D eigenvalue weighted by Crippen LogP contribution is -2.48. The fourth-order valence-electron chi connectivity index (χ4n) is 4.05. The van der Waals surface area contributed by atoms with Crippen LogP contribution in [0.4, 0.5) is 0 Å². The summed E-state index contributed by atoms with van der Waals surface area (Å²) >= 11 is 0. The summed E-state index contributed by atoms with van der Waals surface area (Å²) in [5.41, 5.74) is 3.10. The number of aliphatic hydroxyl groups excluding tert-OH is 1. The summed E-state index contributed by atoms with van der Waals surface area (Å²) < 4.78 is 16.9. The highest BCUT2D eigenvalue weighted by atomic mass is 16.5. The summed E-state index contributed by atoms with van der Waals surface area (Å²) in [5, 5.41) is 11.7. The maximum atomic E-state index is 10.7. The molecule has 6 nitrogen and oxygen atoms in total. The Morgan fingerprint density at radius 1 is 1.10 bits per heavy atom. The number of hydrogen-bond donors (Lipinski definition) is 1. The van der Waals surface area contributed by atoms with Crippen molar-refractivity contribution in [3.63, 3.8) is 0 Å². The smallest absolute Gasteiger partial charge is 0.129 e. The summed E-state index contributed by atoms with van der Waals surface area (Å²) in [6.07, 6.45) is 1.75. The summed E-state index contributed by atoms with van der Waals surface area (Å²) in [4.78, 5) is 6.63. The molecule has 4 rings (SSSR count). The fraction of sp³-hybridized carbons (Fsp3) is 0.375. The molecule has 0 aliphatic carbocycles. The Morgan fingerprint density at radius 3 is 2.80 bits per heavy atom. The van der Waals surface area contributed by atoms with Gasteiger partial charge in [-0.05, 0) is 48.4 Å². The molecule has 6 heteroatoms. The second-order valence-electron chi connectivity index (χ2n) is 7.65. The van der Waals surface area contributed by atoms with Crippen molar-refractivity contribution >= 4 is 10.9 Å². The number of ether oxygens (including phenoxy) is 3. The Kier molecular flexibility index (Phi) is 6.47. The number of β-amino-alcohol motifs (C(OH)–C–C–N with tert-alkyl or cyclic N) is 1. The zero-order chi connectivity index (χ0) is 20.9. The van der Waals surface area contributed by atoms with Crippen LogP contribution in [0.2, 0.25) is 0 Å². The number of aliphatic hydroxyl groups is 1. The Hall–Kier alpha value is -2.67. The van der Waals surface area contributed by atoms with Crippen LogP contribution in [0, 0.1) is 0 Å². The number of aromatic nitrogens is 1. The van der Waals surface area contributed by atoms with Gasteiger partial charge in [-0.15, -0.1) is 0 Å².